The number of hydrogen-bond acceptors (Lipinski definition) is 2. The number of nitrogens with one attached hydrogen (secondary N) is 1. The van der Waals surface area contributed by atoms with E-state index in [2.05, 4.69) is 62.6 Å². The molecule has 1 aromatic rings. The minimum absolute atomic E-state index is 0.376. The lowest BCUT2D eigenvalue weighted by Gasteiger charge is -2.21. The lowest BCUT2D eigenvalue weighted by Crippen LogP contribution is -2.29. The van der Waals surface area contributed by atoms with Crippen molar-refractivity contribution >= 4 is 0 Å². The average molecular weight is 277 g/mol. The predicted molar refractivity (Wildman–Crippen MR) is 84.6 cm³/mol. The van der Waals surface area contributed by atoms with Gasteiger partial charge in [0.1, 0.15) is 5.82 Å². The third kappa shape index (κ3) is 2.41. The second kappa shape index (κ2) is 5.51. The number of hydrogen-bond donors (Lipinski definition) is 1. The Morgan fingerprint density at radius 2 is 1.85 bits per heavy atom. The van der Waals surface area contributed by atoms with E-state index >= 15 is 0 Å². The zero-order chi connectivity index (χ0) is 15.0. The first kappa shape index (κ1) is 15.6. The van der Waals surface area contributed by atoms with Crippen molar-refractivity contribution in [1.29, 1.82) is 0 Å². The molecule has 0 radical (unpaired) electrons. The fourth-order valence-electron chi connectivity index (χ4n) is 3.77. The molecule has 20 heavy (non-hydrogen) atoms. The van der Waals surface area contributed by atoms with Crippen molar-refractivity contribution in [3.63, 3.8) is 0 Å². The number of imidazole rings is 1. The molecule has 1 aliphatic rings. The molecule has 0 aromatic carbocycles. The third-order valence-corrected chi connectivity index (χ3v) is 5.57. The second-order valence-electron chi connectivity index (χ2n) is 7.33. The summed E-state index contributed by atoms with van der Waals surface area (Å²) < 4.78 is 2.33. The Kier molecular flexibility index (Phi) is 4.29. The van der Waals surface area contributed by atoms with Gasteiger partial charge in [-0.1, -0.05) is 41.5 Å². The molecule has 3 heteroatoms. The van der Waals surface area contributed by atoms with Crippen LogP contribution in [0, 0.1) is 16.7 Å². The van der Waals surface area contributed by atoms with Gasteiger partial charge in [-0.25, -0.2) is 4.98 Å². The molecule has 0 bridgehead atoms. The largest absolute Gasteiger partial charge is 0.334 e. The van der Waals surface area contributed by atoms with Gasteiger partial charge in [0, 0.05) is 18.9 Å². The molecule has 1 atom stereocenters. The maximum Gasteiger partial charge on any atom is 0.126 e. The summed E-state index contributed by atoms with van der Waals surface area (Å²) in [6, 6.07) is 0.376. The van der Waals surface area contributed by atoms with Gasteiger partial charge >= 0.3 is 0 Å². The van der Waals surface area contributed by atoms with Crippen LogP contribution in [-0.2, 0) is 6.54 Å². The molecule has 0 saturated heterocycles. The van der Waals surface area contributed by atoms with E-state index < -0.39 is 0 Å². The Bertz CT molecular complexity index is 431. The van der Waals surface area contributed by atoms with Gasteiger partial charge in [0.15, 0.2) is 0 Å². The monoisotopic (exact) mass is 277 g/mol. The van der Waals surface area contributed by atoms with Crippen LogP contribution in [0.4, 0.5) is 0 Å². The van der Waals surface area contributed by atoms with E-state index in [-0.39, 0.29) is 0 Å². The minimum atomic E-state index is 0.376. The number of aryl methyl sites for hydroxylation is 1. The van der Waals surface area contributed by atoms with Crippen molar-refractivity contribution < 1.29 is 0 Å². The molecule has 3 nitrogen and oxygen atoms in total. The van der Waals surface area contributed by atoms with Gasteiger partial charge in [-0.2, -0.15) is 0 Å². The zero-order valence-electron chi connectivity index (χ0n) is 14.0. The molecule has 0 amide bonds. The van der Waals surface area contributed by atoms with Crippen molar-refractivity contribution in [2.75, 3.05) is 6.54 Å². The van der Waals surface area contributed by atoms with E-state index in [1.165, 1.54) is 12.2 Å². The number of nitrogens with zero attached hydrogens (tertiary/aromatic N) is 2. The van der Waals surface area contributed by atoms with E-state index in [0.29, 0.717) is 22.8 Å². The van der Waals surface area contributed by atoms with Crippen LogP contribution < -0.4 is 5.32 Å². The molecule has 1 fully saturated rings. The maximum atomic E-state index is 4.68. The molecule has 0 spiro atoms. The smallest absolute Gasteiger partial charge is 0.126 e. The van der Waals surface area contributed by atoms with Crippen molar-refractivity contribution in [1.82, 2.24) is 14.9 Å². The van der Waals surface area contributed by atoms with Gasteiger partial charge in [0.2, 0.25) is 0 Å². The fraction of sp³-hybridized carbons (Fsp3) is 0.824. The molecule has 2 rings (SSSR count). The van der Waals surface area contributed by atoms with Crippen LogP contribution in [0.25, 0.3) is 0 Å². The zero-order valence-corrected chi connectivity index (χ0v) is 14.0. The van der Waals surface area contributed by atoms with Crippen LogP contribution in [-0.4, -0.2) is 16.1 Å². The molecule has 1 heterocycles. The van der Waals surface area contributed by atoms with Crippen LogP contribution in [0.2, 0.25) is 0 Å². The van der Waals surface area contributed by atoms with Gasteiger partial charge in [-0.05, 0) is 36.1 Å². The van der Waals surface area contributed by atoms with Crippen LogP contribution in [0.3, 0.4) is 0 Å². The Labute approximate surface area is 124 Å². The predicted octanol–water partition coefficient (Wildman–Crippen LogP) is 4.02. The Balaban J connectivity index is 2.27. The van der Waals surface area contributed by atoms with E-state index in [1.807, 2.05) is 6.20 Å². The topological polar surface area (TPSA) is 29.9 Å². The molecular formula is C17H31N3. The van der Waals surface area contributed by atoms with E-state index in [1.54, 1.807) is 0 Å². The van der Waals surface area contributed by atoms with Crippen molar-refractivity contribution in [3.8, 4) is 0 Å². The van der Waals surface area contributed by atoms with Gasteiger partial charge in [0.25, 0.3) is 0 Å². The van der Waals surface area contributed by atoms with E-state index in [4.69, 9.17) is 0 Å². The Hall–Kier alpha value is -0.830. The molecule has 1 saturated carbocycles. The van der Waals surface area contributed by atoms with Gasteiger partial charge in [-0.15, -0.1) is 0 Å². The van der Waals surface area contributed by atoms with E-state index in [0.717, 1.165) is 19.5 Å². The van der Waals surface area contributed by atoms with Crippen molar-refractivity contribution in [2.24, 2.45) is 16.7 Å². The van der Waals surface area contributed by atoms with Crippen LogP contribution in [0.1, 0.15) is 66.3 Å². The van der Waals surface area contributed by atoms with Crippen LogP contribution in [0.15, 0.2) is 12.4 Å². The normalized spacial score (nSPS) is 21.9. The highest BCUT2D eigenvalue weighted by molar-refractivity contribution is 5.20. The summed E-state index contributed by atoms with van der Waals surface area (Å²) in [6.45, 7) is 16.2. The van der Waals surface area contributed by atoms with Crippen molar-refractivity contribution in [2.45, 2.75) is 67.0 Å². The first-order chi connectivity index (χ1) is 9.37. The van der Waals surface area contributed by atoms with Gasteiger partial charge in [-0.3, -0.25) is 0 Å². The number of rotatable bonds is 7. The first-order valence-electron chi connectivity index (χ1n) is 8.12. The summed E-state index contributed by atoms with van der Waals surface area (Å²) in [7, 11) is 0. The number of aromatic nitrogens is 2. The Morgan fingerprint density at radius 3 is 2.35 bits per heavy atom. The summed E-state index contributed by atoms with van der Waals surface area (Å²) in [6.07, 6.45) is 6.40. The lowest BCUT2D eigenvalue weighted by atomic mass is 10.0. The molecule has 1 aliphatic carbocycles. The van der Waals surface area contributed by atoms with Crippen molar-refractivity contribution in [3.05, 3.63) is 18.2 Å². The summed E-state index contributed by atoms with van der Waals surface area (Å²) in [4.78, 5) is 4.68. The molecular weight excluding hydrogens is 246 g/mol. The third-order valence-electron chi connectivity index (χ3n) is 5.57. The highest BCUT2D eigenvalue weighted by Gasteiger charge is 2.67. The molecule has 114 valence electrons. The highest BCUT2D eigenvalue weighted by atomic mass is 15.1. The fourth-order valence-corrected chi connectivity index (χ4v) is 3.77. The van der Waals surface area contributed by atoms with Crippen LogP contribution >= 0.6 is 0 Å². The summed E-state index contributed by atoms with van der Waals surface area (Å²) in [5.41, 5.74) is 0.753. The molecule has 0 aliphatic heterocycles. The SMILES string of the molecule is CCCNC(c1nccn1CCC)C1C(C)(C)C1(C)C. The minimum Gasteiger partial charge on any atom is -0.334 e. The maximum absolute atomic E-state index is 4.68. The standard InChI is InChI=1S/C17H31N3/c1-7-9-18-13(14-16(3,4)17(14,5)6)15-19-10-12-20(15)11-8-2/h10,12-14,18H,7-9,11H2,1-6H3. The summed E-state index contributed by atoms with van der Waals surface area (Å²) >= 11 is 0. The van der Waals surface area contributed by atoms with Gasteiger partial charge < -0.3 is 9.88 Å². The second-order valence-corrected chi connectivity index (χ2v) is 7.33. The summed E-state index contributed by atoms with van der Waals surface area (Å²) in [5.74, 6) is 1.88. The van der Waals surface area contributed by atoms with Crippen LogP contribution in [0.5, 0.6) is 0 Å². The van der Waals surface area contributed by atoms with E-state index in [9.17, 15) is 0 Å². The molecule has 1 unspecified atom stereocenters. The Morgan fingerprint density at radius 1 is 1.20 bits per heavy atom. The summed E-state index contributed by atoms with van der Waals surface area (Å²) in [5, 5.41) is 3.76. The average Bonchev–Trinajstić information content (AvgIpc) is 2.72. The first-order valence-corrected chi connectivity index (χ1v) is 8.12. The highest BCUT2D eigenvalue weighted by Crippen LogP contribution is 2.72. The quantitative estimate of drug-likeness (QED) is 0.816. The van der Waals surface area contributed by atoms with Gasteiger partial charge in [0.05, 0.1) is 6.04 Å². The molecule has 1 aromatic heterocycles. The lowest BCUT2D eigenvalue weighted by molar-refractivity contribution is 0.379. The molecule has 1 N–H and O–H groups in total.